The molecule has 1 aromatic carbocycles. The number of hydrogen-bond donors (Lipinski definition) is 1. The molecule has 0 atom stereocenters. The third-order valence-electron chi connectivity index (χ3n) is 2.08. The predicted molar refractivity (Wildman–Crippen MR) is 75.7 cm³/mol. The summed E-state index contributed by atoms with van der Waals surface area (Å²) < 4.78 is 6.25. The Balaban J connectivity index is 2.19. The van der Waals surface area contributed by atoms with Gasteiger partial charge in [0.2, 0.25) is 0 Å². The van der Waals surface area contributed by atoms with Gasteiger partial charge in [0, 0.05) is 28.5 Å². The smallest absolute Gasteiger partial charge is 0.251 e. The van der Waals surface area contributed by atoms with Crippen LogP contribution in [0.1, 0.15) is 16.8 Å². The van der Waals surface area contributed by atoms with Crippen molar-refractivity contribution in [2.75, 3.05) is 25.1 Å². The monoisotopic (exact) mass is 363 g/mol. The van der Waals surface area contributed by atoms with Crippen molar-refractivity contribution < 1.29 is 9.53 Å². The maximum Gasteiger partial charge on any atom is 0.251 e. The Morgan fingerprint density at radius 1 is 1.24 bits per heavy atom. The van der Waals surface area contributed by atoms with Gasteiger partial charge in [-0.1, -0.05) is 31.9 Å². The number of halogens is 2. The van der Waals surface area contributed by atoms with E-state index in [1.54, 1.807) is 12.1 Å². The van der Waals surface area contributed by atoms with Crippen molar-refractivity contribution in [3.8, 4) is 0 Å². The van der Waals surface area contributed by atoms with E-state index in [1.165, 1.54) is 0 Å². The Bertz CT molecular complexity index is 341. The summed E-state index contributed by atoms with van der Waals surface area (Å²) in [5.41, 5.74) is 0.676. The fraction of sp³-hybridized carbons (Fsp3) is 0.417. The SMILES string of the molecule is O=C(NCCCOCCBr)c1ccc(Br)cc1. The van der Waals surface area contributed by atoms with Gasteiger partial charge in [-0.25, -0.2) is 0 Å². The summed E-state index contributed by atoms with van der Waals surface area (Å²) >= 11 is 6.61. The van der Waals surface area contributed by atoms with Crippen LogP contribution in [0.4, 0.5) is 0 Å². The van der Waals surface area contributed by atoms with Crippen LogP contribution in [-0.2, 0) is 4.74 Å². The van der Waals surface area contributed by atoms with E-state index in [0.717, 1.165) is 16.2 Å². The van der Waals surface area contributed by atoms with E-state index < -0.39 is 0 Å². The zero-order chi connectivity index (χ0) is 12.5. The fourth-order valence-corrected chi connectivity index (χ4v) is 1.73. The number of benzene rings is 1. The van der Waals surface area contributed by atoms with Gasteiger partial charge in [0.15, 0.2) is 0 Å². The number of ether oxygens (including phenoxy) is 1. The normalized spacial score (nSPS) is 10.2. The molecule has 3 nitrogen and oxygen atoms in total. The molecule has 1 amide bonds. The fourth-order valence-electron chi connectivity index (χ4n) is 1.24. The van der Waals surface area contributed by atoms with E-state index in [2.05, 4.69) is 37.2 Å². The molecule has 0 aliphatic carbocycles. The lowest BCUT2D eigenvalue weighted by Gasteiger charge is -2.05. The van der Waals surface area contributed by atoms with Crippen LogP contribution in [0.25, 0.3) is 0 Å². The molecule has 0 unspecified atom stereocenters. The number of carbonyl (C=O) groups excluding carboxylic acids is 1. The molecule has 5 heteroatoms. The molecule has 0 aliphatic rings. The number of rotatable bonds is 7. The highest BCUT2D eigenvalue weighted by Crippen LogP contribution is 2.10. The van der Waals surface area contributed by atoms with Crippen LogP contribution in [0.2, 0.25) is 0 Å². The quantitative estimate of drug-likeness (QED) is 0.596. The van der Waals surface area contributed by atoms with Gasteiger partial charge in [0.25, 0.3) is 5.91 Å². The van der Waals surface area contributed by atoms with Gasteiger partial charge in [-0.15, -0.1) is 0 Å². The lowest BCUT2D eigenvalue weighted by atomic mass is 10.2. The van der Waals surface area contributed by atoms with Crippen LogP contribution in [0.3, 0.4) is 0 Å². The van der Waals surface area contributed by atoms with Gasteiger partial charge in [0.1, 0.15) is 0 Å². The number of hydrogen-bond acceptors (Lipinski definition) is 2. The van der Waals surface area contributed by atoms with Gasteiger partial charge >= 0.3 is 0 Å². The zero-order valence-electron chi connectivity index (χ0n) is 9.42. The number of nitrogens with one attached hydrogen (secondary N) is 1. The number of amides is 1. The molecule has 0 aromatic heterocycles. The van der Waals surface area contributed by atoms with E-state index in [4.69, 9.17) is 4.74 Å². The first-order chi connectivity index (χ1) is 8.24. The first-order valence-corrected chi connectivity index (χ1v) is 7.33. The van der Waals surface area contributed by atoms with Crippen molar-refractivity contribution in [1.82, 2.24) is 5.32 Å². The van der Waals surface area contributed by atoms with Crippen LogP contribution < -0.4 is 5.32 Å². The van der Waals surface area contributed by atoms with Crippen molar-refractivity contribution >= 4 is 37.8 Å². The molecule has 1 rings (SSSR count). The highest BCUT2D eigenvalue weighted by atomic mass is 79.9. The molecule has 17 heavy (non-hydrogen) atoms. The zero-order valence-corrected chi connectivity index (χ0v) is 12.6. The molecule has 0 bridgehead atoms. The molecule has 1 aromatic rings. The van der Waals surface area contributed by atoms with E-state index in [0.29, 0.717) is 25.3 Å². The summed E-state index contributed by atoms with van der Waals surface area (Å²) in [4.78, 5) is 11.7. The number of carbonyl (C=O) groups is 1. The van der Waals surface area contributed by atoms with Crippen LogP contribution in [0.15, 0.2) is 28.7 Å². The van der Waals surface area contributed by atoms with Crippen molar-refractivity contribution in [3.63, 3.8) is 0 Å². The van der Waals surface area contributed by atoms with E-state index >= 15 is 0 Å². The van der Waals surface area contributed by atoms with Crippen LogP contribution in [0.5, 0.6) is 0 Å². The predicted octanol–water partition coefficient (Wildman–Crippen LogP) is 2.98. The van der Waals surface area contributed by atoms with E-state index in [9.17, 15) is 4.79 Å². The van der Waals surface area contributed by atoms with Gasteiger partial charge in [-0.05, 0) is 30.7 Å². The van der Waals surface area contributed by atoms with Crippen molar-refractivity contribution in [1.29, 1.82) is 0 Å². The van der Waals surface area contributed by atoms with Crippen molar-refractivity contribution in [2.24, 2.45) is 0 Å². The molecular formula is C12H15Br2NO2. The highest BCUT2D eigenvalue weighted by molar-refractivity contribution is 9.10. The molecule has 1 N–H and O–H groups in total. The van der Waals surface area contributed by atoms with Crippen LogP contribution in [-0.4, -0.2) is 31.0 Å². The second-order valence-electron chi connectivity index (χ2n) is 3.42. The van der Waals surface area contributed by atoms with Gasteiger partial charge < -0.3 is 10.1 Å². The van der Waals surface area contributed by atoms with E-state index in [1.807, 2.05) is 12.1 Å². The Hall–Kier alpha value is -0.390. The highest BCUT2D eigenvalue weighted by Gasteiger charge is 2.03. The standard InChI is InChI=1S/C12H15Br2NO2/c13-6-9-17-8-1-7-15-12(16)10-2-4-11(14)5-3-10/h2-5H,1,6-9H2,(H,15,16). The number of alkyl halides is 1. The summed E-state index contributed by atoms with van der Waals surface area (Å²) in [7, 11) is 0. The third kappa shape index (κ3) is 6.19. The lowest BCUT2D eigenvalue weighted by Crippen LogP contribution is -2.25. The molecule has 0 spiro atoms. The van der Waals surface area contributed by atoms with Gasteiger partial charge in [-0.2, -0.15) is 0 Å². The maximum atomic E-state index is 11.7. The van der Waals surface area contributed by atoms with Gasteiger partial charge in [0.05, 0.1) is 6.61 Å². The van der Waals surface area contributed by atoms with Gasteiger partial charge in [-0.3, -0.25) is 4.79 Å². The molecule has 0 radical (unpaired) electrons. The Kier molecular flexibility index (Phi) is 7.48. The van der Waals surface area contributed by atoms with Crippen molar-refractivity contribution in [2.45, 2.75) is 6.42 Å². The second-order valence-corrected chi connectivity index (χ2v) is 5.13. The van der Waals surface area contributed by atoms with Crippen LogP contribution >= 0.6 is 31.9 Å². The molecule has 0 saturated heterocycles. The van der Waals surface area contributed by atoms with Crippen LogP contribution in [0, 0.1) is 0 Å². The average molecular weight is 365 g/mol. The summed E-state index contributed by atoms with van der Waals surface area (Å²) in [6.07, 6.45) is 0.829. The molecule has 0 fully saturated rings. The first kappa shape index (κ1) is 14.7. The molecule has 0 aliphatic heterocycles. The minimum atomic E-state index is -0.0435. The Morgan fingerprint density at radius 2 is 1.94 bits per heavy atom. The largest absolute Gasteiger partial charge is 0.381 e. The minimum Gasteiger partial charge on any atom is -0.381 e. The maximum absolute atomic E-state index is 11.7. The topological polar surface area (TPSA) is 38.3 Å². The summed E-state index contributed by atoms with van der Waals surface area (Å²) in [5, 5.41) is 3.69. The molecular weight excluding hydrogens is 350 g/mol. The first-order valence-electron chi connectivity index (χ1n) is 5.41. The summed E-state index contributed by atoms with van der Waals surface area (Å²) in [5.74, 6) is -0.0435. The average Bonchev–Trinajstić information content (AvgIpc) is 2.34. The second kappa shape index (κ2) is 8.66. The summed E-state index contributed by atoms with van der Waals surface area (Å²) in [6.45, 7) is 2.02. The molecule has 94 valence electrons. The Labute approximate surface area is 118 Å². The van der Waals surface area contributed by atoms with Crippen molar-refractivity contribution in [3.05, 3.63) is 34.3 Å². The lowest BCUT2D eigenvalue weighted by molar-refractivity contribution is 0.0944. The molecule has 0 heterocycles. The third-order valence-corrected chi connectivity index (χ3v) is 2.93. The summed E-state index contributed by atoms with van der Waals surface area (Å²) in [6, 6.07) is 7.30. The molecule has 0 saturated carbocycles. The van der Waals surface area contributed by atoms with E-state index in [-0.39, 0.29) is 5.91 Å². The minimum absolute atomic E-state index is 0.0435. The Morgan fingerprint density at radius 3 is 2.59 bits per heavy atom.